The minimum Gasteiger partial charge on any atom is -0.334 e. The van der Waals surface area contributed by atoms with Gasteiger partial charge in [0, 0.05) is 75.1 Å². The fourth-order valence-corrected chi connectivity index (χ4v) is 5.37. The van der Waals surface area contributed by atoms with E-state index in [1.807, 2.05) is 63.7 Å². The Morgan fingerprint density at radius 1 is 1.03 bits per heavy atom. The molecule has 35 heavy (non-hydrogen) atoms. The van der Waals surface area contributed by atoms with Crippen LogP contribution in [0.1, 0.15) is 23.1 Å². The van der Waals surface area contributed by atoms with Crippen LogP contribution < -0.4 is 10.2 Å². The zero-order valence-corrected chi connectivity index (χ0v) is 20.3. The van der Waals surface area contributed by atoms with Crippen molar-refractivity contribution in [3.05, 3.63) is 65.1 Å². The molecule has 2 aliphatic heterocycles. The third-order valence-corrected chi connectivity index (χ3v) is 7.27. The Labute approximate surface area is 208 Å². The lowest BCUT2D eigenvalue weighted by molar-refractivity contribution is -0.117. The van der Waals surface area contributed by atoms with Crippen LogP contribution in [0, 0.1) is 0 Å². The van der Waals surface area contributed by atoms with Gasteiger partial charge in [0.25, 0.3) is 5.91 Å². The number of piperazine rings is 1. The van der Waals surface area contributed by atoms with Crippen LogP contribution in [0.5, 0.6) is 0 Å². The average Bonchev–Trinajstić information content (AvgIpc) is 3.54. The lowest BCUT2D eigenvalue weighted by Gasteiger charge is -2.37. The minimum absolute atomic E-state index is 0.0110. The molecule has 8 nitrogen and oxygen atoms in total. The highest BCUT2D eigenvalue weighted by atomic mass is 32.1. The van der Waals surface area contributed by atoms with Gasteiger partial charge in [-0.25, -0.2) is 4.98 Å². The number of rotatable bonds is 5. The lowest BCUT2D eigenvalue weighted by atomic mass is 10.0. The van der Waals surface area contributed by atoms with Gasteiger partial charge < -0.3 is 15.1 Å². The maximum Gasteiger partial charge on any atom is 0.282 e. The van der Waals surface area contributed by atoms with E-state index in [-0.39, 0.29) is 23.8 Å². The van der Waals surface area contributed by atoms with Gasteiger partial charge in [0.1, 0.15) is 0 Å². The summed E-state index contributed by atoms with van der Waals surface area (Å²) in [5.74, 6) is -0.0124. The minimum atomic E-state index is -0.113. The van der Waals surface area contributed by atoms with E-state index in [1.165, 1.54) is 18.3 Å². The first-order chi connectivity index (χ1) is 17.0. The first-order valence-corrected chi connectivity index (χ1v) is 12.6. The molecule has 180 valence electrons. The van der Waals surface area contributed by atoms with Gasteiger partial charge >= 0.3 is 0 Å². The Bertz CT molecular complexity index is 1240. The number of aromatic nitrogens is 1. The number of anilines is 2. The third kappa shape index (κ3) is 5.11. The molecular weight excluding hydrogens is 462 g/mol. The molecule has 2 aliphatic rings. The number of hydrogen-bond acceptors (Lipinski definition) is 6. The summed E-state index contributed by atoms with van der Waals surface area (Å²) in [4.78, 5) is 47.1. The van der Waals surface area contributed by atoms with Gasteiger partial charge in [0.05, 0.1) is 0 Å². The quantitative estimate of drug-likeness (QED) is 0.594. The highest BCUT2D eigenvalue weighted by Gasteiger charge is 2.36. The maximum absolute atomic E-state index is 13.0. The summed E-state index contributed by atoms with van der Waals surface area (Å²) in [7, 11) is 0. The van der Waals surface area contributed by atoms with Crippen molar-refractivity contribution in [3.8, 4) is 11.1 Å². The number of benzene rings is 2. The summed E-state index contributed by atoms with van der Waals surface area (Å²) >= 11 is 1.37. The standard InChI is InChI=1S/C26H27N5O3S/c1-18(32)28-21-6-2-4-19(14-21)20-5-3-7-22(15-20)31-17-23(16-24(31)33)29-9-11-30(12-10-29)26(34)25-27-8-13-35-25/h2-8,13-15,23H,9-12,16-17H2,1H3,(H,28,32). The smallest absolute Gasteiger partial charge is 0.282 e. The molecule has 1 N–H and O–H groups in total. The molecule has 0 bridgehead atoms. The van der Waals surface area contributed by atoms with Crippen LogP contribution in [-0.2, 0) is 9.59 Å². The molecule has 3 heterocycles. The predicted molar refractivity (Wildman–Crippen MR) is 137 cm³/mol. The Hall–Kier alpha value is -3.56. The molecule has 1 aromatic heterocycles. The molecule has 3 aromatic rings. The van der Waals surface area contributed by atoms with Gasteiger partial charge in [-0.3, -0.25) is 19.3 Å². The van der Waals surface area contributed by atoms with Gasteiger partial charge in [0.2, 0.25) is 11.8 Å². The Morgan fingerprint density at radius 2 is 1.77 bits per heavy atom. The van der Waals surface area contributed by atoms with Crippen molar-refractivity contribution in [2.24, 2.45) is 0 Å². The molecule has 1 unspecified atom stereocenters. The molecule has 0 spiro atoms. The first kappa shape index (κ1) is 23.2. The summed E-state index contributed by atoms with van der Waals surface area (Å²) in [6.45, 7) is 4.90. The number of nitrogens with one attached hydrogen (secondary N) is 1. The van der Waals surface area contributed by atoms with E-state index >= 15 is 0 Å². The Kier molecular flexibility index (Phi) is 6.61. The number of carbonyl (C=O) groups is 3. The zero-order valence-electron chi connectivity index (χ0n) is 19.5. The van der Waals surface area contributed by atoms with Crippen LogP contribution in [-0.4, -0.2) is 71.3 Å². The topological polar surface area (TPSA) is 85.8 Å². The van der Waals surface area contributed by atoms with Crippen molar-refractivity contribution in [3.63, 3.8) is 0 Å². The summed E-state index contributed by atoms with van der Waals surface area (Å²) in [5, 5.41) is 5.16. The summed E-state index contributed by atoms with van der Waals surface area (Å²) < 4.78 is 0. The number of hydrogen-bond donors (Lipinski definition) is 1. The molecule has 5 rings (SSSR count). The normalized spacial score (nSPS) is 18.7. The molecular formula is C26H27N5O3S. The van der Waals surface area contributed by atoms with Gasteiger partial charge in [0.15, 0.2) is 5.01 Å². The van der Waals surface area contributed by atoms with E-state index in [2.05, 4.69) is 15.2 Å². The van der Waals surface area contributed by atoms with Crippen LogP contribution in [0.4, 0.5) is 11.4 Å². The monoisotopic (exact) mass is 489 g/mol. The van der Waals surface area contributed by atoms with E-state index in [0.717, 1.165) is 35.6 Å². The fourth-order valence-electron chi connectivity index (χ4n) is 4.77. The molecule has 0 aliphatic carbocycles. The highest BCUT2D eigenvalue weighted by molar-refractivity contribution is 7.11. The molecule has 2 saturated heterocycles. The molecule has 2 fully saturated rings. The van der Waals surface area contributed by atoms with Gasteiger partial charge in [-0.05, 0) is 35.4 Å². The van der Waals surface area contributed by atoms with Crippen molar-refractivity contribution in [2.75, 3.05) is 42.9 Å². The lowest BCUT2D eigenvalue weighted by Crippen LogP contribution is -2.52. The van der Waals surface area contributed by atoms with Crippen LogP contribution >= 0.6 is 11.3 Å². The fraction of sp³-hybridized carbons (Fsp3) is 0.308. The molecule has 2 aromatic carbocycles. The number of thiazole rings is 1. The molecule has 0 saturated carbocycles. The van der Waals surface area contributed by atoms with Gasteiger partial charge in [-0.15, -0.1) is 11.3 Å². The molecule has 9 heteroatoms. The summed E-state index contributed by atoms with van der Waals surface area (Å²) in [6.07, 6.45) is 2.13. The first-order valence-electron chi connectivity index (χ1n) is 11.7. The highest BCUT2D eigenvalue weighted by Crippen LogP contribution is 2.30. The summed E-state index contributed by atoms with van der Waals surface area (Å²) in [6, 6.07) is 15.8. The second-order valence-electron chi connectivity index (χ2n) is 8.84. The number of nitrogens with zero attached hydrogens (tertiary/aromatic N) is 4. The van der Waals surface area contributed by atoms with Crippen molar-refractivity contribution < 1.29 is 14.4 Å². The van der Waals surface area contributed by atoms with E-state index in [1.54, 1.807) is 6.20 Å². The van der Waals surface area contributed by atoms with Gasteiger partial charge in [-0.1, -0.05) is 24.3 Å². The SMILES string of the molecule is CC(=O)Nc1cccc(-c2cccc(N3CC(N4CCN(C(=O)c5nccs5)CC4)CC3=O)c2)c1. The van der Waals surface area contributed by atoms with E-state index < -0.39 is 0 Å². The Morgan fingerprint density at radius 3 is 2.49 bits per heavy atom. The average molecular weight is 490 g/mol. The second-order valence-corrected chi connectivity index (χ2v) is 9.73. The molecule has 3 amide bonds. The predicted octanol–water partition coefficient (Wildman–Crippen LogP) is 3.33. The van der Waals surface area contributed by atoms with Crippen LogP contribution in [0.15, 0.2) is 60.1 Å². The van der Waals surface area contributed by atoms with E-state index in [0.29, 0.717) is 31.1 Å². The molecule has 0 radical (unpaired) electrons. The van der Waals surface area contributed by atoms with Crippen LogP contribution in [0.25, 0.3) is 11.1 Å². The third-order valence-electron chi connectivity index (χ3n) is 6.51. The van der Waals surface area contributed by atoms with Crippen molar-refractivity contribution >= 4 is 40.4 Å². The van der Waals surface area contributed by atoms with Gasteiger partial charge in [-0.2, -0.15) is 0 Å². The van der Waals surface area contributed by atoms with Crippen molar-refractivity contribution in [1.82, 2.24) is 14.8 Å². The zero-order chi connectivity index (χ0) is 24.4. The van der Waals surface area contributed by atoms with E-state index in [9.17, 15) is 14.4 Å². The van der Waals surface area contributed by atoms with E-state index in [4.69, 9.17) is 0 Å². The van der Waals surface area contributed by atoms with Crippen LogP contribution in [0.3, 0.4) is 0 Å². The number of carbonyl (C=O) groups excluding carboxylic acids is 3. The maximum atomic E-state index is 13.0. The number of amides is 3. The van der Waals surface area contributed by atoms with Crippen molar-refractivity contribution in [2.45, 2.75) is 19.4 Å². The van der Waals surface area contributed by atoms with Crippen molar-refractivity contribution in [1.29, 1.82) is 0 Å². The largest absolute Gasteiger partial charge is 0.334 e. The van der Waals surface area contributed by atoms with Crippen LogP contribution in [0.2, 0.25) is 0 Å². The molecule has 1 atom stereocenters. The Balaban J connectivity index is 1.24. The summed E-state index contributed by atoms with van der Waals surface area (Å²) in [5.41, 5.74) is 3.57. The second kappa shape index (κ2) is 9.97.